The number of thiazole rings is 1. The molecular weight excluding hydrogens is 408 g/mol. The van der Waals surface area contributed by atoms with Crippen LogP contribution in [0.3, 0.4) is 0 Å². The molecule has 0 amide bonds. The van der Waals surface area contributed by atoms with Gasteiger partial charge in [-0.25, -0.2) is 18.1 Å². The van der Waals surface area contributed by atoms with Gasteiger partial charge in [0, 0.05) is 10.9 Å². The standard InChI is InChI=1S/C19H18N6O2S2/c1-12-3-7-14(8-4-12)16-11-28-19(21-16)25-17(20)22-18(23-25)24-29(26,27)15-9-5-13(2)6-10-15/h3-11H,1-2H3,(H3,20,22,23,24). The average Bonchev–Trinajstić information content (AvgIpc) is 3.29. The fraction of sp³-hybridized carbons (Fsp3) is 0.105. The highest BCUT2D eigenvalue weighted by molar-refractivity contribution is 7.92. The summed E-state index contributed by atoms with van der Waals surface area (Å²) in [6, 6.07) is 14.5. The lowest BCUT2D eigenvalue weighted by Gasteiger charge is -2.04. The Kier molecular flexibility index (Phi) is 4.81. The molecule has 0 bridgehead atoms. The minimum Gasteiger partial charge on any atom is -0.368 e. The number of hydrogen-bond acceptors (Lipinski definition) is 7. The van der Waals surface area contributed by atoms with Gasteiger partial charge in [-0.15, -0.1) is 16.4 Å². The molecule has 0 spiro atoms. The summed E-state index contributed by atoms with van der Waals surface area (Å²) in [5.74, 6) is -0.0772. The summed E-state index contributed by atoms with van der Waals surface area (Å²) in [5, 5.41) is 6.55. The van der Waals surface area contributed by atoms with E-state index in [2.05, 4.69) is 19.8 Å². The molecule has 0 atom stereocenters. The third-order valence-corrected chi connectivity index (χ3v) is 6.37. The Hall–Kier alpha value is -3.24. The molecule has 10 heteroatoms. The number of aromatic nitrogens is 4. The summed E-state index contributed by atoms with van der Waals surface area (Å²) in [4.78, 5) is 8.67. The molecule has 29 heavy (non-hydrogen) atoms. The third kappa shape index (κ3) is 3.98. The van der Waals surface area contributed by atoms with E-state index in [1.165, 1.54) is 28.2 Å². The molecule has 0 aliphatic heterocycles. The number of hydrogen-bond donors (Lipinski definition) is 2. The van der Waals surface area contributed by atoms with E-state index < -0.39 is 10.0 Å². The van der Waals surface area contributed by atoms with E-state index in [0.29, 0.717) is 5.13 Å². The molecule has 0 aliphatic rings. The molecule has 2 heterocycles. The van der Waals surface area contributed by atoms with Crippen LogP contribution in [0, 0.1) is 13.8 Å². The Labute approximate surface area is 172 Å². The first-order valence-corrected chi connectivity index (χ1v) is 11.0. The summed E-state index contributed by atoms with van der Waals surface area (Å²) in [6.45, 7) is 3.90. The molecule has 0 saturated heterocycles. The SMILES string of the molecule is Cc1ccc(-c2csc(-n3nc(NS(=O)(=O)c4ccc(C)cc4)nc3N)n2)cc1. The topological polar surface area (TPSA) is 116 Å². The van der Waals surface area contributed by atoms with Crippen molar-refractivity contribution < 1.29 is 8.42 Å². The van der Waals surface area contributed by atoms with Crippen molar-refractivity contribution in [3.8, 4) is 16.4 Å². The van der Waals surface area contributed by atoms with Crippen molar-refractivity contribution in [3.05, 3.63) is 65.0 Å². The van der Waals surface area contributed by atoms with Crippen LogP contribution in [0.5, 0.6) is 0 Å². The van der Waals surface area contributed by atoms with Crippen molar-refractivity contribution in [1.29, 1.82) is 0 Å². The molecule has 0 fully saturated rings. The van der Waals surface area contributed by atoms with E-state index in [1.54, 1.807) is 12.1 Å². The molecule has 8 nitrogen and oxygen atoms in total. The third-order valence-electron chi connectivity index (χ3n) is 4.21. The van der Waals surface area contributed by atoms with Crippen LogP contribution < -0.4 is 10.5 Å². The van der Waals surface area contributed by atoms with Crippen molar-refractivity contribution in [2.45, 2.75) is 18.7 Å². The Morgan fingerprint density at radius 2 is 1.59 bits per heavy atom. The van der Waals surface area contributed by atoms with Crippen molar-refractivity contribution in [3.63, 3.8) is 0 Å². The average molecular weight is 427 g/mol. The van der Waals surface area contributed by atoms with Crippen molar-refractivity contribution >= 4 is 33.3 Å². The molecule has 0 saturated carbocycles. The van der Waals surface area contributed by atoms with Gasteiger partial charge in [0.25, 0.3) is 16.0 Å². The van der Waals surface area contributed by atoms with Crippen molar-refractivity contribution in [2.24, 2.45) is 0 Å². The summed E-state index contributed by atoms with van der Waals surface area (Å²) in [7, 11) is -3.82. The number of sulfonamides is 1. The van der Waals surface area contributed by atoms with Crippen LogP contribution in [-0.4, -0.2) is 28.2 Å². The summed E-state index contributed by atoms with van der Waals surface area (Å²) in [5.41, 5.74) is 9.81. The summed E-state index contributed by atoms with van der Waals surface area (Å²) >= 11 is 1.34. The van der Waals surface area contributed by atoms with Crippen molar-refractivity contribution in [1.82, 2.24) is 19.7 Å². The zero-order chi connectivity index (χ0) is 20.6. The van der Waals surface area contributed by atoms with Crippen LogP contribution in [0.4, 0.5) is 11.9 Å². The predicted molar refractivity (Wildman–Crippen MR) is 114 cm³/mol. The summed E-state index contributed by atoms with van der Waals surface area (Å²) < 4.78 is 28.7. The van der Waals surface area contributed by atoms with Gasteiger partial charge in [-0.05, 0) is 26.0 Å². The second-order valence-electron chi connectivity index (χ2n) is 6.51. The molecule has 0 aliphatic carbocycles. The Bertz CT molecular complexity index is 1260. The zero-order valence-electron chi connectivity index (χ0n) is 15.7. The number of aryl methyl sites for hydroxylation is 2. The van der Waals surface area contributed by atoms with Crippen LogP contribution in [0.2, 0.25) is 0 Å². The highest BCUT2D eigenvalue weighted by atomic mass is 32.2. The van der Waals surface area contributed by atoms with Gasteiger partial charge in [0.05, 0.1) is 10.6 Å². The van der Waals surface area contributed by atoms with Gasteiger partial charge in [0.15, 0.2) is 0 Å². The number of rotatable bonds is 5. The van der Waals surface area contributed by atoms with E-state index in [0.717, 1.165) is 22.4 Å². The lowest BCUT2D eigenvalue weighted by atomic mass is 10.1. The maximum Gasteiger partial charge on any atom is 0.264 e. The van der Waals surface area contributed by atoms with Crippen LogP contribution in [-0.2, 0) is 10.0 Å². The van der Waals surface area contributed by atoms with Crippen LogP contribution in [0.1, 0.15) is 11.1 Å². The predicted octanol–water partition coefficient (Wildman–Crippen LogP) is 3.39. The molecule has 0 unspecified atom stereocenters. The monoisotopic (exact) mass is 426 g/mol. The van der Waals surface area contributed by atoms with Crippen LogP contribution >= 0.6 is 11.3 Å². The summed E-state index contributed by atoms with van der Waals surface area (Å²) in [6.07, 6.45) is 0. The Morgan fingerprint density at radius 3 is 2.24 bits per heavy atom. The minimum absolute atomic E-state index is 0.0383. The number of nitrogens with two attached hydrogens (primary N) is 1. The fourth-order valence-electron chi connectivity index (χ4n) is 2.62. The number of nitrogen functional groups attached to an aromatic ring is 1. The molecule has 4 rings (SSSR count). The highest BCUT2D eigenvalue weighted by Gasteiger charge is 2.19. The molecule has 4 aromatic rings. The van der Waals surface area contributed by atoms with Crippen molar-refractivity contribution in [2.75, 3.05) is 10.5 Å². The van der Waals surface area contributed by atoms with Gasteiger partial charge in [0.1, 0.15) is 0 Å². The molecule has 148 valence electrons. The highest BCUT2D eigenvalue weighted by Crippen LogP contribution is 2.26. The largest absolute Gasteiger partial charge is 0.368 e. The van der Waals surface area contributed by atoms with E-state index in [4.69, 9.17) is 5.73 Å². The first-order chi connectivity index (χ1) is 13.8. The van der Waals surface area contributed by atoms with E-state index >= 15 is 0 Å². The smallest absolute Gasteiger partial charge is 0.264 e. The molecule has 2 aromatic carbocycles. The van der Waals surface area contributed by atoms with Gasteiger partial charge >= 0.3 is 0 Å². The Morgan fingerprint density at radius 1 is 0.966 bits per heavy atom. The number of benzene rings is 2. The quantitative estimate of drug-likeness (QED) is 0.505. The molecule has 3 N–H and O–H groups in total. The number of nitrogens with one attached hydrogen (secondary N) is 1. The van der Waals surface area contributed by atoms with Crippen LogP contribution in [0.15, 0.2) is 58.8 Å². The second kappa shape index (κ2) is 7.30. The van der Waals surface area contributed by atoms with Gasteiger partial charge in [-0.1, -0.05) is 47.5 Å². The first-order valence-electron chi connectivity index (χ1n) is 8.67. The van der Waals surface area contributed by atoms with Gasteiger partial charge in [-0.3, -0.25) is 0 Å². The number of nitrogens with zero attached hydrogens (tertiary/aromatic N) is 4. The van der Waals surface area contributed by atoms with Crippen LogP contribution in [0.25, 0.3) is 16.4 Å². The zero-order valence-corrected chi connectivity index (χ0v) is 17.3. The second-order valence-corrected chi connectivity index (χ2v) is 9.02. The lowest BCUT2D eigenvalue weighted by molar-refractivity contribution is 0.600. The maximum absolute atomic E-state index is 12.5. The fourth-order valence-corrected chi connectivity index (χ4v) is 4.35. The molecule has 2 aromatic heterocycles. The van der Waals surface area contributed by atoms with E-state index in [9.17, 15) is 8.42 Å². The lowest BCUT2D eigenvalue weighted by Crippen LogP contribution is -2.14. The van der Waals surface area contributed by atoms with Gasteiger partial charge < -0.3 is 5.73 Å². The van der Waals surface area contributed by atoms with Gasteiger partial charge in [0.2, 0.25) is 11.1 Å². The number of anilines is 2. The Balaban J connectivity index is 1.60. The van der Waals surface area contributed by atoms with E-state index in [-0.39, 0.29) is 16.8 Å². The van der Waals surface area contributed by atoms with E-state index in [1.807, 2.05) is 43.5 Å². The molecule has 0 radical (unpaired) electrons. The first kappa shape index (κ1) is 19.1. The maximum atomic E-state index is 12.5. The minimum atomic E-state index is -3.82. The normalized spacial score (nSPS) is 11.5. The van der Waals surface area contributed by atoms with Gasteiger partial charge in [-0.2, -0.15) is 9.67 Å². The molecular formula is C19H18N6O2S2.